The van der Waals surface area contributed by atoms with Crippen molar-refractivity contribution in [2.45, 2.75) is 31.7 Å². The van der Waals surface area contributed by atoms with Gasteiger partial charge in [-0.1, -0.05) is 5.21 Å². The Labute approximate surface area is 93.4 Å². The highest BCUT2D eigenvalue weighted by atomic mass is 16.4. The molecule has 1 saturated carbocycles. The lowest BCUT2D eigenvalue weighted by Crippen LogP contribution is -2.16. The summed E-state index contributed by atoms with van der Waals surface area (Å²) in [4.78, 5) is 10.6. The first-order valence-corrected chi connectivity index (χ1v) is 5.51. The average Bonchev–Trinajstić information content (AvgIpc) is 2.92. The van der Waals surface area contributed by atoms with Gasteiger partial charge in [0.15, 0.2) is 0 Å². The largest absolute Gasteiger partial charge is 0.481 e. The number of rotatable bonds is 6. The number of carbonyl (C=O) groups is 1. The topological polar surface area (TPSA) is 94.0 Å². The van der Waals surface area contributed by atoms with Gasteiger partial charge in [0.2, 0.25) is 0 Å². The molecule has 1 heterocycles. The fourth-order valence-electron chi connectivity index (χ4n) is 1.67. The lowest BCUT2D eigenvalue weighted by Gasteiger charge is -2.07. The monoisotopic (exact) mass is 224 g/mol. The SMILES string of the molecule is NCC(CC(=O)O)c1cn(CC2CC2)nn1. The van der Waals surface area contributed by atoms with Gasteiger partial charge in [-0.2, -0.15) is 0 Å². The summed E-state index contributed by atoms with van der Waals surface area (Å²) in [6.07, 6.45) is 4.34. The first-order valence-electron chi connectivity index (χ1n) is 5.51. The van der Waals surface area contributed by atoms with E-state index in [-0.39, 0.29) is 18.9 Å². The summed E-state index contributed by atoms with van der Waals surface area (Å²) in [5, 5.41) is 16.7. The highest BCUT2D eigenvalue weighted by Gasteiger charge is 2.23. The number of carboxylic acid groups (broad SMARTS) is 1. The van der Waals surface area contributed by atoms with Crippen LogP contribution < -0.4 is 5.73 Å². The maximum absolute atomic E-state index is 10.6. The molecule has 0 radical (unpaired) electrons. The molecule has 0 bridgehead atoms. The Morgan fingerprint density at radius 2 is 2.44 bits per heavy atom. The van der Waals surface area contributed by atoms with Gasteiger partial charge in [-0.15, -0.1) is 5.10 Å². The van der Waals surface area contributed by atoms with Gasteiger partial charge >= 0.3 is 5.97 Å². The minimum absolute atomic E-state index is 0.0125. The Balaban J connectivity index is 1.99. The molecular weight excluding hydrogens is 208 g/mol. The second-order valence-electron chi connectivity index (χ2n) is 4.34. The van der Waals surface area contributed by atoms with Crippen molar-refractivity contribution in [2.75, 3.05) is 6.54 Å². The first kappa shape index (κ1) is 11.1. The molecule has 6 heteroatoms. The van der Waals surface area contributed by atoms with Crippen LogP contribution in [0, 0.1) is 5.92 Å². The van der Waals surface area contributed by atoms with Crippen molar-refractivity contribution in [3.63, 3.8) is 0 Å². The third-order valence-corrected chi connectivity index (χ3v) is 2.82. The second-order valence-corrected chi connectivity index (χ2v) is 4.34. The molecule has 1 aliphatic rings. The van der Waals surface area contributed by atoms with Crippen molar-refractivity contribution in [1.82, 2.24) is 15.0 Å². The van der Waals surface area contributed by atoms with E-state index >= 15 is 0 Å². The highest BCUT2D eigenvalue weighted by Crippen LogP contribution is 2.30. The molecule has 1 unspecified atom stereocenters. The van der Waals surface area contributed by atoms with E-state index in [0.29, 0.717) is 5.69 Å². The van der Waals surface area contributed by atoms with Crippen LogP contribution in [0.15, 0.2) is 6.20 Å². The molecule has 2 rings (SSSR count). The van der Waals surface area contributed by atoms with E-state index in [4.69, 9.17) is 10.8 Å². The van der Waals surface area contributed by atoms with Gasteiger partial charge in [0.1, 0.15) is 0 Å². The summed E-state index contributed by atoms with van der Waals surface area (Å²) >= 11 is 0. The van der Waals surface area contributed by atoms with Gasteiger partial charge in [-0.3, -0.25) is 9.48 Å². The van der Waals surface area contributed by atoms with Crippen molar-refractivity contribution in [2.24, 2.45) is 11.7 Å². The molecular formula is C10H16N4O2. The second kappa shape index (κ2) is 4.61. The van der Waals surface area contributed by atoms with Crippen LogP contribution in [0.3, 0.4) is 0 Å². The standard InChI is InChI=1S/C10H16N4O2/c11-4-8(3-10(15)16)9-6-14(13-12-9)5-7-1-2-7/h6-8H,1-5,11H2,(H,15,16). The van der Waals surface area contributed by atoms with Gasteiger partial charge in [0.05, 0.1) is 12.1 Å². The molecule has 0 aromatic carbocycles. The van der Waals surface area contributed by atoms with Crippen LogP contribution in [0.25, 0.3) is 0 Å². The number of aromatic nitrogens is 3. The van der Waals surface area contributed by atoms with Gasteiger partial charge < -0.3 is 10.8 Å². The lowest BCUT2D eigenvalue weighted by molar-refractivity contribution is -0.137. The molecule has 1 aromatic rings. The predicted octanol–water partition coefficient (Wildman–Crippen LogP) is 0.205. The van der Waals surface area contributed by atoms with Crippen LogP contribution in [-0.2, 0) is 11.3 Å². The van der Waals surface area contributed by atoms with E-state index < -0.39 is 5.97 Å². The number of aliphatic carboxylic acids is 1. The van der Waals surface area contributed by atoms with Gasteiger partial charge in [0.25, 0.3) is 0 Å². The van der Waals surface area contributed by atoms with E-state index in [1.165, 1.54) is 12.8 Å². The molecule has 16 heavy (non-hydrogen) atoms. The minimum Gasteiger partial charge on any atom is -0.481 e. The van der Waals surface area contributed by atoms with Crippen LogP contribution in [0.5, 0.6) is 0 Å². The maximum Gasteiger partial charge on any atom is 0.304 e. The van der Waals surface area contributed by atoms with E-state index in [0.717, 1.165) is 12.5 Å². The predicted molar refractivity (Wildman–Crippen MR) is 56.8 cm³/mol. The summed E-state index contributed by atoms with van der Waals surface area (Å²) < 4.78 is 1.79. The van der Waals surface area contributed by atoms with Crippen molar-refractivity contribution in [3.05, 3.63) is 11.9 Å². The molecule has 0 saturated heterocycles. The fourth-order valence-corrected chi connectivity index (χ4v) is 1.67. The zero-order chi connectivity index (χ0) is 11.5. The summed E-state index contributed by atoms with van der Waals surface area (Å²) in [6.45, 7) is 1.17. The normalized spacial score (nSPS) is 17.3. The Bertz CT molecular complexity index is 373. The van der Waals surface area contributed by atoms with Gasteiger partial charge in [0, 0.05) is 25.2 Å². The van der Waals surface area contributed by atoms with Crippen LogP contribution >= 0.6 is 0 Å². The Hall–Kier alpha value is -1.43. The summed E-state index contributed by atoms with van der Waals surface area (Å²) in [6, 6.07) is 0. The van der Waals surface area contributed by atoms with Crippen LogP contribution in [0.1, 0.15) is 30.9 Å². The van der Waals surface area contributed by atoms with Crippen molar-refractivity contribution < 1.29 is 9.90 Å². The molecule has 1 fully saturated rings. The highest BCUT2D eigenvalue weighted by molar-refractivity contribution is 5.67. The van der Waals surface area contributed by atoms with E-state index in [2.05, 4.69) is 10.3 Å². The van der Waals surface area contributed by atoms with Gasteiger partial charge in [-0.05, 0) is 18.8 Å². The zero-order valence-electron chi connectivity index (χ0n) is 9.04. The third kappa shape index (κ3) is 2.79. The molecule has 1 atom stereocenters. The maximum atomic E-state index is 10.6. The van der Waals surface area contributed by atoms with Crippen molar-refractivity contribution in [1.29, 1.82) is 0 Å². The third-order valence-electron chi connectivity index (χ3n) is 2.82. The Morgan fingerprint density at radius 1 is 1.69 bits per heavy atom. The number of hydrogen-bond acceptors (Lipinski definition) is 4. The van der Waals surface area contributed by atoms with E-state index in [1.807, 2.05) is 6.20 Å². The van der Waals surface area contributed by atoms with Crippen LogP contribution in [-0.4, -0.2) is 32.6 Å². The summed E-state index contributed by atoms with van der Waals surface area (Å²) in [7, 11) is 0. The Morgan fingerprint density at radius 3 is 3.00 bits per heavy atom. The van der Waals surface area contributed by atoms with E-state index in [1.54, 1.807) is 4.68 Å². The van der Waals surface area contributed by atoms with Gasteiger partial charge in [-0.25, -0.2) is 0 Å². The fraction of sp³-hybridized carbons (Fsp3) is 0.700. The van der Waals surface area contributed by atoms with Crippen molar-refractivity contribution >= 4 is 5.97 Å². The van der Waals surface area contributed by atoms with Crippen LogP contribution in [0.4, 0.5) is 0 Å². The molecule has 3 N–H and O–H groups in total. The molecule has 1 aliphatic carbocycles. The molecule has 0 aliphatic heterocycles. The molecule has 6 nitrogen and oxygen atoms in total. The lowest BCUT2D eigenvalue weighted by atomic mass is 10.0. The summed E-state index contributed by atoms with van der Waals surface area (Å²) in [5.41, 5.74) is 6.22. The Kier molecular flexibility index (Phi) is 3.19. The molecule has 1 aromatic heterocycles. The zero-order valence-corrected chi connectivity index (χ0v) is 9.04. The number of nitrogens with zero attached hydrogens (tertiary/aromatic N) is 3. The summed E-state index contributed by atoms with van der Waals surface area (Å²) in [5.74, 6) is -0.358. The minimum atomic E-state index is -0.854. The average molecular weight is 224 g/mol. The molecule has 0 spiro atoms. The smallest absolute Gasteiger partial charge is 0.304 e. The van der Waals surface area contributed by atoms with Crippen molar-refractivity contribution in [3.8, 4) is 0 Å². The first-order chi connectivity index (χ1) is 7.69. The van der Waals surface area contributed by atoms with Crippen LogP contribution in [0.2, 0.25) is 0 Å². The quantitative estimate of drug-likeness (QED) is 0.720. The molecule has 88 valence electrons. The number of nitrogens with two attached hydrogens (primary N) is 1. The number of hydrogen-bond donors (Lipinski definition) is 2. The molecule has 0 amide bonds. The number of carboxylic acids is 1. The van der Waals surface area contributed by atoms with E-state index in [9.17, 15) is 4.79 Å².